The monoisotopic (exact) mass is 311 g/mol. The van der Waals surface area contributed by atoms with Gasteiger partial charge in [-0.05, 0) is 43.0 Å². The topological polar surface area (TPSA) is 86.5 Å². The van der Waals surface area contributed by atoms with E-state index in [1.54, 1.807) is 6.20 Å². The molecule has 3 rings (SSSR count). The zero-order valence-electron chi connectivity index (χ0n) is 13.8. The van der Waals surface area contributed by atoms with Crippen LogP contribution in [0, 0.1) is 19.8 Å². The maximum absolute atomic E-state index is 12.0. The normalized spacial score (nSPS) is 11.3. The van der Waals surface area contributed by atoms with E-state index in [-0.39, 0.29) is 5.91 Å². The third kappa shape index (κ3) is 3.11. The van der Waals surface area contributed by atoms with Gasteiger partial charge in [-0.1, -0.05) is 13.8 Å². The Hall–Kier alpha value is -2.63. The molecule has 0 atom stereocenters. The lowest BCUT2D eigenvalue weighted by atomic mass is 10.1. The van der Waals surface area contributed by atoms with Crippen LogP contribution < -0.4 is 5.32 Å². The molecule has 0 spiro atoms. The molecule has 3 N–H and O–H groups in total. The Bertz CT molecular complexity index is 820. The highest BCUT2D eigenvalue weighted by molar-refractivity contribution is 5.94. The zero-order chi connectivity index (χ0) is 16.6. The Labute approximate surface area is 134 Å². The molecule has 6 heteroatoms. The largest absolute Gasteiger partial charge is 0.337 e. The van der Waals surface area contributed by atoms with E-state index in [0.29, 0.717) is 29.5 Å². The lowest BCUT2D eigenvalue weighted by molar-refractivity contribution is -0.116. The fourth-order valence-electron chi connectivity index (χ4n) is 2.52. The molecule has 0 radical (unpaired) electrons. The van der Waals surface area contributed by atoms with Crippen LogP contribution in [-0.4, -0.2) is 26.1 Å². The number of carbonyl (C=O) groups is 1. The number of nitrogens with zero attached hydrogens (tertiary/aromatic N) is 2. The fraction of sp³-hybridized carbons (Fsp3) is 0.353. The molecular weight excluding hydrogens is 290 g/mol. The van der Waals surface area contributed by atoms with Gasteiger partial charge in [0, 0.05) is 6.42 Å². The Morgan fingerprint density at radius 3 is 2.74 bits per heavy atom. The summed E-state index contributed by atoms with van der Waals surface area (Å²) >= 11 is 0. The summed E-state index contributed by atoms with van der Waals surface area (Å²) < 4.78 is 0. The second kappa shape index (κ2) is 5.87. The maximum atomic E-state index is 12.0. The number of amides is 1. The molecule has 0 aliphatic rings. The summed E-state index contributed by atoms with van der Waals surface area (Å²) in [6.45, 7) is 8.17. The highest BCUT2D eigenvalue weighted by Crippen LogP contribution is 2.26. The summed E-state index contributed by atoms with van der Waals surface area (Å²) in [5.41, 5.74) is 5.61. The minimum Gasteiger partial charge on any atom is -0.337 e. The SMILES string of the molecule is Cc1cc2nc(-c3[nH]ncc3NC(=O)CC(C)C)[nH]c2cc1C. The number of rotatable bonds is 4. The second-order valence-electron chi connectivity index (χ2n) is 6.34. The van der Waals surface area contributed by atoms with E-state index in [9.17, 15) is 4.79 Å². The van der Waals surface area contributed by atoms with Crippen LogP contribution in [0.4, 0.5) is 5.69 Å². The second-order valence-corrected chi connectivity index (χ2v) is 6.34. The van der Waals surface area contributed by atoms with Gasteiger partial charge in [-0.15, -0.1) is 0 Å². The minimum absolute atomic E-state index is 0.0227. The first-order valence-corrected chi connectivity index (χ1v) is 7.74. The minimum atomic E-state index is -0.0227. The van der Waals surface area contributed by atoms with Crippen molar-refractivity contribution >= 4 is 22.6 Å². The van der Waals surface area contributed by atoms with Crippen molar-refractivity contribution in [1.82, 2.24) is 20.2 Å². The number of aromatic nitrogens is 4. The third-order valence-electron chi connectivity index (χ3n) is 3.84. The zero-order valence-corrected chi connectivity index (χ0v) is 13.8. The molecule has 2 heterocycles. The van der Waals surface area contributed by atoms with E-state index in [4.69, 9.17) is 0 Å². The fourth-order valence-corrected chi connectivity index (χ4v) is 2.52. The molecule has 1 aromatic carbocycles. The summed E-state index contributed by atoms with van der Waals surface area (Å²) in [7, 11) is 0. The van der Waals surface area contributed by atoms with Gasteiger partial charge in [0.25, 0.3) is 0 Å². The van der Waals surface area contributed by atoms with Crippen molar-refractivity contribution in [3.63, 3.8) is 0 Å². The summed E-state index contributed by atoms with van der Waals surface area (Å²) in [4.78, 5) is 19.9. The highest BCUT2D eigenvalue weighted by atomic mass is 16.1. The van der Waals surface area contributed by atoms with Crippen molar-refractivity contribution in [2.24, 2.45) is 5.92 Å². The Kier molecular flexibility index (Phi) is 3.90. The Morgan fingerprint density at radius 2 is 2.00 bits per heavy atom. The molecule has 6 nitrogen and oxygen atoms in total. The predicted octanol–water partition coefficient (Wildman–Crippen LogP) is 3.55. The number of H-pyrrole nitrogens is 2. The molecular formula is C17H21N5O. The first-order chi connectivity index (χ1) is 10.9. The van der Waals surface area contributed by atoms with Crippen LogP contribution in [0.2, 0.25) is 0 Å². The van der Waals surface area contributed by atoms with Gasteiger partial charge in [0.05, 0.1) is 22.9 Å². The van der Waals surface area contributed by atoms with Crippen LogP contribution in [0.15, 0.2) is 18.3 Å². The highest BCUT2D eigenvalue weighted by Gasteiger charge is 2.15. The number of fused-ring (bicyclic) bond motifs is 1. The number of carbonyl (C=O) groups excluding carboxylic acids is 1. The maximum Gasteiger partial charge on any atom is 0.224 e. The summed E-state index contributed by atoms with van der Waals surface area (Å²) in [6, 6.07) is 4.13. The number of hydrogen-bond donors (Lipinski definition) is 3. The molecule has 1 amide bonds. The summed E-state index contributed by atoms with van der Waals surface area (Å²) in [5.74, 6) is 0.954. The van der Waals surface area contributed by atoms with Crippen LogP contribution in [0.1, 0.15) is 31.4 Å². The summed E-state index contributed by atoms with van der Waals surface area (Å²) in [6.07, 6.45) is 2.08. The van der Waals surface area contributed by atoms with E-state index in [1.807, 2.05) is 13.8 Å². The van der Waals surface area contributed by atoms with Crippen LogP contribution >= 0.6 is 0 Å². The molecule has 120 valence electrons. The van der Waals surface area contributed by atoms with E-state index < -0.39 is 0 Å². The van der Waals surface area contributed by atoms with Crippen LogP contribution in [0.3, 0.4) is 0 Å². The molecule has 0 saturated heterocycles. The summed E-state index contributed by atoms with van der Waals surface area (Å²) in [5, 5.41) is 9.84. The van der Waals surface area contributed by atoms with E-state index >= 15 is 0 Å². The number of aromatic amines is 2. The lowest BCUT2D eigenvalue weighted by Crippen LogP contribution is -2.14. The Balaban J connectivity index is 1.94. The molecule has 23 heavy (non-hydrogen) atoms. The van der Waals surface area contributed by atoms with Crippen molar-refractivity contribution in [1.29, 1.82) is 0 Å². The quantitative estimate of drug-likeness (QED) is 0.688. The van der Waals surface area contributed by atoms with Crippen molar-refractivity contribution < 1.29 is 4.79 Å². The lowest BCUT2D eigenvalue weighted by Gasteiger charge is -2.06. The molecule has 2 aromatic heterocycles. The van der Waals surface area contributed by atoms with Gasteiger partial charge in [-0.25, -0.2) is 4.98 Å². The number of nitrogens with one attached hydrogen (secondary N) is 3. The number of benzene rings is 1. The molecule has 0 unspecified atom stereocenters. The molecule has 0 fully saturated rings. The van der Waals surface area contributed by atoms with Crippen molar-refractivity contribution in [2.45, 2.75) is 34.1 Å². The number of aryl methyl sites for hydroxylation is 2. The van der Waals surface area contributed by atoms with Crippen LogP contribution in [0.25, 0.3) is 22.6 Å². The van der Waals surface area contributed by atoms with Crippen molar-refractivity contribution in [3.05, 3.63) is 29.5 Å². The molecule has 0 bridgehead atoms. The van der Waals surface area contributed by atoms with Gasteiger partial charge in [0.2, 0.25) is 5.91 Å². The Morgan fingerprint density at radius 1 is 1.26 bits per heavy atom. The van der Waals surface area contributed by atoms with Gasteiger partial charge in [-0.2, -0.15) is 5.10 Å². The molecule has 0 aliphatic heterocycles. The van der Waals surface area contributed by atoms with Gasteiger partial charge < -0.3 is 10.3 Å². The smallest absolute Gasteiger partial charge is 0.224 e. The van der Waals surface area contributed by atoms with E-state index in [2.05, 4.69) is 51.5 Å². The van der Waals surface area contributed by atoms with E-state index in [0.717, 1.165) is 11.0 Å². The molecule has 0 aliphatic carbocycles. The standard InChI is InChI=1S/C17H21N5O/c1-9(2)5-15(23)19-14-8-18-22-16(14)17-20-12-6-10(3)11(4)7-13(12)21-17/h6-9H,5H2,1-4H3,(H,18,22)(H,19,23)(H,20,21). The van der Waals surface area contributed by atoms with Gasteiger partial charge >= 0.3 is 0 Å². The first kappa shape index (κ1) is 15.3. The molecule has 0 saturated carbocycles. The van der Waals surface area contributed by atoms with Crippen LogP contribution in [-0.2, 0) is 4.79 Å². The average molecular weight is 311 g/mol. The van der Waals surface area contributed by atoms with E-state index in [1.165, 1.54) is 11.1 Å². The number of anilines is 1. The van der Waals surface area contributed by atoms with Gasteiger partial charge in [0.15, 0.2) is 5.82 Å². The first-order valence-electron chi connectivity index (χ1n) is 7.74. The van der Waals surface area contributed by atoms with Gasteiger partial charge in [0.1, 0.15) is 5.69 Å². The number of hydrogen-bond acceptors (Lipinski definition) is 3. The number of imidazole rings is 1. The van der Waals surface area contributed by atoms with Crippen molar-refractivity contribution in [3.8, 4) is 11.5 Å². The predicted molar refractivity (Wildman–Crippen MR) is 91.2 cm³/mol. The third-order valence-corrected chi connectivity index (χ3v) is 3.84. The average Bonchev–Trinajstić information content (AvgIpc) is 3.04. The molecule has 3 aromatic rings. The van der Waals surface area contributed by atoms with Crippen LogP contribution in [0.5, 0.6) is 0 Å². The van der Waals surface area contributed by atoms with Crippen molar-refractivity contribution in [2.75, 3.05) is 5.32 Å². The van der Waals surface area contributed by atoms with Gasteiger partial charge in [-0.3, -0.25) is 9.89 Å².